The summed E-state index contributed by atoms with van der Waals surface area (Å²) in [7, 11) is -4.73. The third-order valence-electron chi connectivity index (χ3n) is 6.10. The third kappa shape index (κ3) is 4.96. The second-order valence-electron chi connectivity index (χ2n) is 8.53. The fourth-order valence-electron chi connectivity index (χ4n) is 4.57. The molecule has 1 atom stereocenters. The first-order valence-corrected chi connectivity index (χ1v) is 11.8. The van der Waals surface area contributed by atoms with Crippen LogP contribution in [0.2, 0.25) is 0 Å². The largest absolute Gasteiger partial charge is 0.417 e. The fourth-order valence-corrected chi connectivity index (χ4v) is 6.17. The second-order valence-corrected chi connectivity index (χ2v) is 10.2. The number of carbonyl (C=O) groups is 1. The number of primary amides is 1. The maximum Gasteiger partial charge on any atom is 0.417 e. The summed E-state index contributed by atoms with van der Waals surface area (Å²) < 4.78 is 68.6. The first-order valence-electron chi connectivity index (χ1n) is 10.3. The molecule has 1 aromatic heterocycles. The van der Waals surface area contributed by atoms with Crippen LogP contribution >= 0.6 is 0 Å². The van der Waals surface area contributed by atoms with Crippen molar-refractivity contribution in [1.29, 1.82) is 0 Å². The maximum atomic E-state index is 13.4. The van der Waals surface area contributed by atoms with E-state index >= 15 is 0 Å². The Labute approximate surface area is 185 Å². The van der Waals surface area contributed by atoms with E-state index in [1.165, 1.54) is 13.0 Å². The van der Waals surface area contributed by atoms with E-state index in [0.29, 0.717) is 24.6 Å². The molecule has 1 aliphatic carbocycles. The summed E-state index contributed by atoms with van der Waals surface area (Å²) in [4.78, 5) is 16.0. The Bertz CT molecular complexity index is 1070. The molecule has 1 heterocycles. The van der Waals surface area contributed by atoms with Gasteiger partial charge in [-0.05, 0) is 50.5 Å². The van der Waals surface area contributed by atoms with Crippen molar-refractivity contribution in [3.63, 3.8) is 0 Å². The fraction of sp³-hybridized carbons (Fsp3) is 0.455. The number of rotatable bonds is 7. The van der Waals surface area contributed by atoms with Crippen LogP contribution in [0.25, 0.3) is 0 Å². The van der Waals surface area contributed by atoms with Gasteiger partial charge in [0.1, 0.15) is 5.54 Å². The van der Waals surface area contributed by atoms with Crippen LogP contribution in [0.5, 0.6) is 0 Å². The summed E-state index contributed by atoms with van der Waals surface area (Å²) in [6.45, 7) is 1.32. The second kappa shape index (κ2) is 8.82. The standard InChI is InChI=1S/C22H26F3N3O3S/c1-20(19(26)29,15-21(12-6-2-7-13-21)18-11-5-8-14-27-18)28-32(30,31)17-10-4-3-9-16(17)22(23,24)25/h3-5,8-11,14,28H,2,6-7,12-13,15H2,1H3,(H2,26,29). The summed E-state index contributed by atoms with van der Waals surface area (Å²) in [6, 6.07) is 9.23. The number of halogens is 3. The molecule has 0 radical (unpaired) electrons. The molecule has 32 heavy (non-hydrogen) atoms. The lowest BCUT2D eigenvalue weighted by Gasteiger charge is -2.42. The molecule has 1 fully saturated rings. The van der Waals surface area contributed by atoms with Crippen LogP contribution in [0.1, 0.15) is 56.7 Å². The molecule has 0 saturated heterocycles. The normalized spacial score (nSPS) is 18.6. The molecule has 1 aromatic carbocycles. The highest BCUT2D eigenvalue weighted by molar-refractivity contribution is 7.89. The molecule has 10 heteroatoms. The van der Waals surface area contributed by atoms with Crippen LogP contribution in [-0.2, 0) is 26.4 Å². The van der Waals surface area contributed by atoms with Crippen molar-refractivity contribution >= 4 is 15.9 Å². The number of nitrogens with two attached hydrogens (primary N) is 1. The Morgan fingerprint density at radius 2 is 1.72 bits per heavy atom. The summed E-state index contributed by atoms with van der Waals surface area (Å²) in [6.07, 6.45) is 0.752. The minimum Gasteiger partial charge on any atom is -0.368 e. The number of alkyl halides is 3. The van der Waals surface area contributed by atoms with Gasteiger partial charge >= 0.3 is 6.18 Å². The minimum atomic E-state index is -4.88. The average Bonchev–Trinajstić information content (AvgIpc) is 2.74. The lowest BCUT2D eigenvalue weighted by atomic mass is 9.65. The molecule has 174 valence electrons. The number of sulfonamides is 1. The molecule has 0 bridgehead atoms. The van der Waals surface area contributed by atoms with E-state index in [1.54, 1.807) is 12.3 Å². The number of hydrogen-bond donors (Lipinski definition) is 2. The number of nitrogens with one attached hydrogen (secondary N) is 1. The minimum absolute atomic E-state index is 0.0141. The highest BCUT2D eigenvalue weighted by Crippen LogP contribution is 2.44. The van der Waals surface area contributed by atoms with Crippen molar-refractivity contribution in [3.05, 3.63) is 59.9 Å². The van der Waals surface area contributed by atoms with Crippen LogP contribution in [0.4, 0.5) is 13.2 Å². The van der Waals surface area contributed by atoms with Gasteiger partial charge in [-0.3, -0.25) is 9.78 Å². The highest BCUT2D eigenvalue weighted by Gasteiger charge is 2.47. The smallest absolute Gasteiger partial charge is 0.368 e. The van der Waals surface area contributed by atoms with Crippen LogP contribution in [-0.4, -0.2) is 24.8 Å². The molecule has 0 spiro atoms. The number of benzene rings is 1. The molecule has 1 amide bonds. The van der Waals surface area contributed by atoms with Crippen molar-refractivity contribution in [2.24, 2.45) is 5.73 Å². The zero-order chi connectivity index (χ0) is 23.6. The predicted octanol–water partition coefficient (Wildman–Crippen LogP) is 3.91. The molecular weight excluding hydrogens is 443 g/mol. The van der Waals surface area contributed by atoms with Gasteiger partial charge in [0.15, 0.2) is 0 Å². The summed E-state index contributed by atoms with van der Waals surface area (Å²) >= 11 is 0. The first kappa shape index (κ1) is 24.2. The molecule has 1 saturated carbocycles. The van der Waals surface area contributed by atoms with Crippen molar-refractivity contribution < 1.29 is 26.4 Å². The van der Waals surface area contributed by atoms with Crippen molar-refractivity contribution in [2.75, 3.05) is 0 Å². The van der Waals surface area contributed by atoms with Crippen molar-refractivity contribution in [3.8, 4) is 0 Å². The van der Waals surface area contributed by atoms with Gasteiger partial charge in [0.2, 0.25) is 15.9 Å². The third-order valence-corrected chi connectivity index (χ3v) is 7.75. The van der Waals surface area contributed by atoms with E-state index < -0.39 is 43.5 Å². The molecule has 1 unspecified atom stereocenters. The van der Waals surface area contributed by atoms with E-state index in [4.69, 9.17) is 5.73 Å². The number of nitrogens with zero attached hydrogens (tertiary/aromatic N) is 1. The lowest BCUT2D eigenvalue weighted by Crippen LogP contribution is -2.58. The van der Waals surface area contributed by atoms with Gasteiger partial charge in [-0.15, -0.1) is 0 Å². The number of pyridine rings is 1. The number of carbonyl (C=O) groups excluding carboxylic acids is 1. The van der Waals surface area contributed by atoms with Gasteiger partial charge in [-0.1, -0.05) is 37.5 Å². The molecule has 3 rings (SSSR count). The molecule has 0 aliphatic heterocycles. The highest BCUT2D eigenvalue weighted by atomic mass is 32.2. The van der Waals surface area contributed by atoms with Crippen molar-refractivity contribution in [1.82, 2.24) is 9.71 Å². The quantitative estimate of drug-likeness (QED) is 0.642. The van der Waals surface area contributed by atoms with Gasteiger partial charge in [-0.2, -0.15) is 17.9 Å². The average molecular weight is 470 g/mol. The number of hydrogen-bond acceptors (Lipinski definition) is 4. The SMILES string of the molecule is CC(CC1(c2ccccn2)CCCCC1)(NS(=O)(=O)c1ccccc1C(F)(F)F)C(N)=O. The van der Waals surface area contributed by atoms with Gasteiger partial charge < -0.3 is 5.73 Å². The zero-order valence-corrected chi connectivity index (χ0v) is 18.5. The summed E-state index contributed by atoms with van der Waals surface area (Å²) in [5.74, 6) is -0.966. The van der Waals surface area contributed by atoms with E-state index in [9.17, 15) is 26.4 Å². The van der Waals surface area contributed by atoms with E-state index in [0.717, 1.165) is 31.4 Å². The van der Waals surface area contributed by atoms with Gasteiger partial charge in [0.25, 0.3) is 0 Å². The Morgan fingerprint density at radius 1 is 1.09 bits per heavy atom. The van der Waals surface area contributed by atoms with Crippen LogP contribution in [0, 0.1) is 0 Å². The lowest BCUT2D eigenvalue weighted by molar-refractivity contribution is -0.139. The number of aromatic nitrogens is 1. The zero-order valence-electron chi connectivity index (χ0n) is 17.7. The molecular formula is C22H26F3N3O3S. The van der Waals surface area contributed by atoms with E-state index in [1.807, 2.05) is 12.1 Å². The Kier molecular flexibility index (Phi) is 6.67. The van der Waals surface area contributed by atoms with Crippen LogP contribution < -0.4 is 10.5 Å². The van der Waals surface area contributed by atoms with Crippen LogP contribution in [0.3, 0.4) is 0 Å². The monoisotopic (exact) mass is 469 g/mol. The number of amides is 1. The Morgan fingerprint density at radius 3 is 2.28 bits per heavy atom. The molecule has 6 nitrogen and oxygen atoms in total. The van der Waals surface area contributed by atoms with Gasteiger partial charge in [0.05, 0.1) is 10.5 Å². The Balaban J connectivity index is 2.03. The van der Waals surface area contributed by atoms with E-state index in [-0.39, 0.29) is 6.42 Å². The van der Waals surface area contributed by atoms with Crippen molar-refractivity contribution in [2.45, 2.75) is 67.5 Å². The topological polar surface area (TPSA) is 102 Å². The predicted molar refractivity (Wildman–Crippen MR) is 113 cm³/mol. The Hall–Kier alpha value is -2.46. The molecule has 3 N–H and O–H groups in total. The summed E-state index contributed by atoms with van der Waals surface area (Å²) in [5.41, 5.74) is 2.57. The van der Waals surface area contributed by atoms with Gasteiger partial charge in [0, 0.05) is 17.3 Å². The maximum absolute atomic E-state index is 13.4. The van der Waals surface area contributed by atoms with E-state index in [2.05, 4.69) is 9.71 Å². The molecule has 1 aliphatic rings. The molecule has 2 aromatic rings. The summed E-state index contributed by atoms with van der Waals surface area (Å²) in [5, 5.41) is 0. The first-order chi connectivity index (χ1) is 14.9. The van der Waals surface area contributed by atoms with Crippen LogP contribution in [0.15, 0.2) is 53.6 Å². The van der Waals surface area contributed by atoms with Gasteiger partial charge in [-0.25, -0.2) is 8.42 Å².